The Morgan fingerprint density at radius 2 is 2.08 bits per heavy atom. The minimum atomic E-state index is -0.195. The Hall–Kier alpha value is -0.0800. The minimum absolute atomic E-state index is 0.195. The minimum Gasteiger partial charge on any atom is -0.392 e. The van der Waals surface area contributed by atoms with Gasteiger partial charge in [0.15, 0.2) is 0 Å². The molecule has 2 fully saturated rings. The smallest absolute Gasteiger partial charge is 0.0636 e. The van der Waals surface area contributed by atoms with Gasteiger partial charge in [-0.05, 0) is 38.0 Å². The highest BCUT2D eigenvalue weighted by Gasteiger charge is 2.47. The average Bonchev–Trinajstić information content (AvgIpc) is 2.51. The second-order valence-electron chi connectivity index (χ2n) is 4.92. The van der Waals surface area contributed by atoms with Crippen LogP contribution in [-0.2, 0) is 0 Å². The maximum absolute atomic E-state index is 9.19. The van der Waals surface area contributed by atoms with Gasteiger partial charge in [-0.25, -0.2) is 0 Å². The van der Waals surface area contributed by atoms with Gasteiger partial charge in [0.05, 0.1) is 6.10 Å². The molecule has 0 heterocycles. The van der Waals surface area contributed by atoms with E-state index in [1.807, 2.05) is 6.92 Å². The SMILES string of the molecule is C[C@H](O)CNC1CCC12CCCC2. The first-order valence-corrected chi connectivity index (χ1v) is 5.64. The van der Waals surface area contributed by atoms with Crippen molar-refractivity contribution in [2.75, 3.05) is 6.54 Å². The monoisotopic (exact) mass is 183 g/mol. The summed E-state index contributed by atoms with van der Waals surface area (Å²) in [4.78, 5) is 0. The van der Waals surface area contributed by atoms with E-state index in [4.69, 9.17) is 0 Å². The molecule has 0 aromatic rings. The molecule has 0 aromatic carbocycles. The third-order valence-electron chi connectivity index (χ3n) is 3.93. The van der Waals surface area contributed by atoms with Crippen molar-refractivity contribution in [3.63, 3.8) is 0 Å². The van der Waals surface area contributed by atoms with Crippen LogP contribution < -0.4 is 5.32 Å². The van der Waals surface area contributed by atoms with Crippen molar-refractivity contribution < 1.29 is 5.11 Å². The van der Waals surface area contributed by atoms with E-state index >= 15 is 0 Å². The zero-order valence-electron chi connectivity index (χ0n) is 8.55. The standard InChI is InChI=1S/C11H21NO/c1-9(13)8-12-10-4-7-11(10)5-2-3-6-11/h9-10,12-13H,2-8H2,1H3/t9-,10?/m0/s1. The summed E-state index contributed by atoms with van der Waals surface area (Å²) >= 11 is 0. The summed E-state index contributed by atoms with van der Waals surface area (Å²) in [6, 6.07) is 0.713. The van der Waals surface area contributed by atoms with Gasteiger partial charge in [-0.2, -0.15) is 0 Å². The Bertz CT molecular complexity index is 173. The van der Waals surface area contributed by atoms with E-state index in [1.165, 1.54) is 38.5 Å². The fourth-order valence-corrected chi connectivity index (χ4v) is 3.01. The highest BCUT2D eigenvalue weighted by molar-refractivity contribution is 5.02. The molecule has 2 aliphatic carbocycles. The van der Waals surface area contributed by atoms with Crippen molar-refractivity contribution in [3.8, 4) is 0 Å². The van der Waals surface area contributed by atoms with E-state index in [1.54, 1.807) is 0 Å². The Morgan fingerprint density at radius 1 is 1.38 bits per heavy atom. The van der Waals surface area contributed by atoms with Gasteiger partial charge in [0.1, 0.15) is 0 Å². The predicted molar refractivity (Wildman–Crippen MR) is 53.6 cm³/mol. The summed E-state index contributed by atoms with van der Waals surface area (Å²) in [7, 11) is 0. The van der Waals surface area contributed by atoms with Crippen LogP contribution in [0.5, 0.6) is 0 Å². The van der Waals surface area contributed by atoms with Crippen LogP contribution in [-0.4, -0.2) is 23.8 Å². The summed E-state index contributed by atoms with van der Waals surface area (Å²) in [6.45, 7) is 2.62. The molecule has 2 aliphatic rings. The average molecular weight is 183 g/mol. The van der Waals surface area contributed by atoms with Gasteiger partial charge in [-0.1, -0.05) is 12.8 Å². The van der Waals surface area contributed by atoms with Crippen molar-refractivity contribution in [1.29, 1.82) is 0 Å². The van der Waals surface area contributed by atoms with Crippen molar-refractivity contribution in [1.82, 2.24) is 5.32 Å². The van der Waals surface area contributed by atoms with Crippen LogP contribution in [0.1, 0.15) is 45.4 Å². The van der Waals surface area contributed by atoms with Crippen molar-refractivity contribution in [2.24, 2.45) is 5.41 Å². The second-order valence-corrected chi connectivity index (χ2v) is 4.92. The van der Waals surface area contributed by atoms with Crippen LogP contribution in [0.4, 0.5) is 0 Å². The molecule has 2 saturated carbocycles. The molecule has 2 nitrogen and oxygen atoms in total. The third kappa shape index (κ3) is 1.75. The largest absolute Gasteiger partial charge is 0.392 e. The molecule has 0 aromatic heterocycles. The number of nitrogens with one attached hydrogen (secondary N) is 1. The van der Waals surface area contributed by atoms with Crippen molar-refractivity contribution in [3.05, 3.63) is 0 Å². The molecule has 2 rings (SSSR count). The lowest BCUT2D eigenvalue weighted by Gasteiger charge is -2.48. The van der Waals surface area contributed by atoms with Gasteiger partial charge in [-0.15, -0.1) is 0 Å². The summed E-state index contributed by atoms with van der Waals surface area (Å²) < 4.78 is 0. The maximum Gasteiger partial charge on any atom is 0.0636 e. The second kappa shape index (κ2) is 3.58. The lowest BCUT2D eigenvalue weighted by Crippen LogP contribution is -2.53. The fraction of sp³-hybridized carbons (Fsp3) is 1.00. The van der Waals surface area contributed by atoms with Crippen LogP contribution in [0, 0.1) is 5.41 Å². The molecule has 2 atom stereocenters. The van der Waals surface area contributed by atoms with Crippen LogP contribution in [0.3, 0.4) is 0 Å². The molecular weight excluding hydrogens is 162 g/mol. The first-order chi connectivity index (χ1) is 6.23. The van der Waals surface area contributed by atoms with E-state index in [0.29, 0.717) is 11.5 Å². The molecular formula is C11H21NO. The van der Waals surface area contributed by atoms with E-state index < -0.39 is 0 Å². The molecule has 0 bridgehead atoms. The first-order valence-electron chi connectivity index (χ1n) is 5.64. The highest BCUT2D eigenvalue weighted by atomic mass is 16.3. The molecule has 1 unspecified atom stereocenters. The zero-order chi connectivity index (χ0) is 9.31. The Balaban J connectivity index is 1.80. The molecule has 1 spiro atoms. The van der Waals surface area contributed by atoms with Gasteiger partial charge in [-0.3, -0.25) is 0 Å². The summed E-state index contributed by atoms with van der Waals surface area (Å²) in [5, 5.41) is 12.7. The summed E-state index contributed by atoms with van der Waals surface area (Å²) in [5.41, 5.74) is 0.648. The van der Waals surface area contributed by atoms with Crippen LogP contribution in [0.2, 0.25) is 0 Å². The highest BCUT2D eigenvalue weighted by Crippen LogP contribution is 2.53. The molecule has 76 valence electrons. The molecule has 2 heteroatoms. The van der Waals surface area contributed by atoms with E-state index in [-0.39, 0.29) is 6.10 Å². The molecule has 13 heavy (non-hydrogen) atoms. The maximum atomic E-state index is 9.19. The van der Waals surface area contributed by atoms with E-state index in [0.717, 1.165) is 6.54 Å². The topological polar surface area (TPSA) is 32.3 Å². The van der Waals surface area contributed by atoms with E-state index in [9.17, 15) is 5.11 Å². The van der Waals surface area contributed by atoms with Crippen molar-refractivity contribution >= 4 is 0 Å². The molecule has 0 aliphatic heterocycles. The Kier molecular flexibility index (Phi) is 2.61. The third-order valence-corrected chi connectivity index (χ3v) is 3.93. The molecule has 0 radical (unpaired) electrons. The Morgan fingerprint density at radius 3 is 2.54 bits per heavy atom. The van der Waals surface area contributed by atoms with Crippen LogP contribution in [0.15, 0.2) is 0 Å². The fourth-order valence-electron chi connectivity index (χ4n) is 3.01. The lowest BCUT2D eigenvalue weighted by molar-refractivity contribution is 0.0613. The van der Waals surface area contributed by atoms with Crippen LogP contribution in [0.25, 0.3) is 0 Å². The van der Waals surface area contributed by atoms with Gasteiger partial charge < -0.3 is 10.4 Å². The van der Waals surface area contributed by atoms with Gasteiger partial charge in [0, 0.05) is 12.6 Å². The quantitative estimate of drug-likeness (QED) is 0.697. The molecule has 0 amide bonds. The predicted octanol–water partition coefficient (Wildman–Crippen LogP) is 1.68. The first kappa shape index (κ1) is 9.47. The summed E-state index contributed by atoms with van der Waals surface area (Å²) in [6.07, 6.45) is 8.24. The number of rotatable bonds is 3. The van der Waals surface area contributed by atoms with Gasteiger partial charge in [0.2, 0.25) is 0 Å². The molecule has 0 saturated heterocycles. The summed E-state index contributed by atoms with van der Waals surface area (Å²) in [5.74, 6) is 0. The zero-order valence-corrected chi connectivity index (χ0v) is 8.55. The number of aliphatic hydroxyl groups is 1. The number of aliphatic hydroxyl groups excluding tert-OH is 1. The molecule has 2 N–H and O–H groups in total. The van der Waals surface area contributed by atoms with Crippen molar-refractivity contribution in [2.45, 2.75) is 57.6 Å². The van der Waals surface area contributed by atoms with Crippen LogP contribution >= 0.6 is 0 Å². The van der Waals surface area contributed by atoms with Gasteiger partial charge >= 0.3 is 0 Å². The Labute approximate surface area is 80.7 Å². The number of hydrogen-bond donors (Lipinski definition) is 2. The normalized spacial score (nSPS) is 33.2. The number of hydrogen-bond acceptors (Lipinski definition) is 2. The van der Waals surface area contributed by atoms with Gasteiger partial charge in [0.25, 0.3) is 0 Å². The lowest BCUT2D eigenvalue weighted by atomic mass is 9.63. The van der Waals surface area contributed by atoms with E-state index in [2.05, 4.69) is 5.32 Å².